The fourth-order valence-corrected chi connectivity index (χ4v) is 4.84. The van der Waals surface area contributed by atoms with Gasteiger partial charge >= 0.3 is 5.97 Å². The Morgan fingerprint density at radius 3 is 2.19 bits per heavy atom. The first-order chi connectivity index (χ1) is 17.6. The molecule has 1 aromatic heterocycles. The predicted molar refractivity (Wildman–Crippen MR) is 145 cm³/mol. The number of allylic oxidation sites excluding steroid dienone is 1. The zero-order valence-corrected chi connectivity index (χ0v) is 22.7. The third kappa shape index (κ3) is 4.51. The molecule has 0 radical (unpaired) electrons. The molecule has 37 heavy (non-hydrogen) atoms. The summed E-state index contributed by atoms with van der Waals surface area (Å²) in [6.45, 7) is 7.63. The van der Waals surface area contributed by atoms with Crippen LogP contribution in [0.25, 0.3) is 11.8 Å². The number of carbonyl (C=O) groups is 2. The molecule has 3 aromatic rings. The second-order valence-electron chi connectivity index (χ2n) is 8.79. The Labute approximate surface area is 221 Å². The van der Waals surface area contributed by atoms with E-state index in [9.17, 15) is 9.59 Å². The van der Waals surface area contributed by atoms with E-state index in [1.807, 2.05) is 45.0 Å². The number of nitrogens with zero attached hydrogens (tertiary/aromatic N) is 2. The molecule has 0 aliphatic carbocycles. The molecule has 192 valence electrons. The van der Waals surface area contributed by atoms with Gasteiger partial charge in [0.2, 0.25) is 0 Å². The van der Waals surface area contributed by atoms with E-state index in [1.54, 1.807) is 38.3 Å². The molecule has 1 aliphatic heterocycles. The normalized spacial score (nSPS) is 14.5. The predicted octanol–water partition coefficient (Wildman–Crippen LogP) is 5.95. The van der Waals surface area contributed by atoms with Crippen molar-refractivity contribution in [1.29, 1.82) is 0 Å². The highest BCUT2D eigenvalue weighted by atomic mass is 35.5. The molecular weight excluding hydrogens is 492 g/mol. The molecule has 1 amide bonds. The smallest absolute Gasteiger partial charge is 0.340 e. The topological polar surface area (TPSA) is 70.0 Å². The molecule has 0 fully saturated rings. The molecule has 0 unspecified atom stereocenters. The Balaban J connectivity index is 1.84. The quantitative estimate of drug-likeness (QED) is 0.297. The Hall–Kier alpha value is -3.97. The monoisotopic (exact) mass is 520 g/mol. The number of anilines is 1. The summed E-state index contributed by atoms with van der Waals surface area (Å²) in [5.74, 6) is 0.0811. The maximum absolute atomic E-state index is 13.8. The van der Waals surface area contributed by atoms with Crippen molar-refractivity contribution in [2.24, 2.45) is 0 Å². The van der Waals surface area contributed by atoms with Gasteiger partial charge in [0.25, 0.3) is 5.91 Å². The average molecular weight is 521 g/mol. The van der Waals surface area contributed by atoms with Crippen molar-refractivity contribution >= 4 is 35.2 Å². The minimum absolute atomic E-state index is 0.213. The minimum atomic E-state index is -0.584. The number of benzene rings is 2. The number of halogens is 1. The van der Waals surface area contributed by atoms with Crippen molar-refractivity contribution in [3.05, 3.63) is 86.8 Å². The molecule has 0 N–H and O–H groups in total. The molecule has 1 aliphatic rings. The van der Waals surface area contributed by atoms with Crippen LogP contribution in [-0.4, -0.2) is 37.8 Å². The van der Waals surface area contributed by atoms with Crippen molar-refractivity contribution in [3.63, 3.8) is 0 Å². The highest BCUT2D eigenvalue weighted by Gasteiger charge is 2.38. The lowest BCUT2D eigenvalue weighted by molar-refractivity contribution is -0.136. The van der Waals surface area contributed by atoms with Crippen LogP contribution in [0.3, 0.4) is 0 Å². The van der Waals surface area contributed by atoms with Crippen LogP contribution in [0.4, 0.5) is 5.69 Å². The minimum Gasteiger partial charge on any atom is -0.493 e. The molecule has 0 saturated heterocycles. The van der Waals surface area contributed by atoms with Gasteiger partial charge in [-0.1, -0.05) is 17.7 Å². The van der Waals surface area contributed by atoms with Crippen molar-refractivity contribution in [2.75, 3.05) is 26.2 Å². The van der Waals surface area contributed by atoms with Crippen molar-refractivity contribution in [1.82, 2.24) is 4.57 Å². The third-order valence-electron chi connectivity index (χ3n) is 6.60. The van der Waals surface area contributed by atoms with E-state index in [2.05, 4.69) is 4.57 Å². The van der Waals surface area contributed by atoms with Gasteiger partial charge in [0, 0.05) is 33.9 Å². The summed E-state index contributed by atoms with van der Waals surface area (Å²) in [6.07, 6.45) is 1.74. The number of amides is 1. The van der Waals surface area contributed by atoms with Crippen LogP contribution in [0.2, 0.25) is 5.02 Å². The lowest BCUT2D eigenvalue weighted by Gasteiger charge is -2.19. The fraction of sp³-hybridized carbons (Fsp3) is 0.241. The standard InChI is InChI=1S/C29H29ClN2O5/c1-16-8-9-21(14-24(16)30)31-17(2)12-20(18(31)3)13-23-27(29(34)37-7)19(4)32(28(23)33)22-10-11-25(35-5)26(15-22)36-6/h8-15H,1-7H3/b23-13-. The molecule has 2 aromatic carbocycles. The first-order valence-electron chi connectivity index (χ1n) is 11.7. The zero-order valence-electron chi connectivity index (χ0n) is 21.9. The fourth-order valence-electron chi connectivity index (χ4n) is 4.66. The Morgan fingerprint density at radius 1 is 0.892 bits per heavy atom. The summed E-state index contributed by atoms with van der Waals surface area (Å²) in [5, 5.41) is 0.674. The first kappa shape index (κ1) is 26.1. The highest BCUT2D eigenvalue weighted by Crippen LogP contribution is 2.39. The van der Waals surface area contributed by atoms with Crippen molar-refractivity contribution in [3.8, 4) is 17.2 Å². The van der Waals surface area contributed by atoms with Gasteiger partial charge in [-0.25, -0.2) is 4.79 Å². The molecular formula is C29H29ClN2O5. The summed E-state index contributed by atoms with van der Waals surface area (Å²) in [6, 6.07) is 13.0. The van der Waals surface area contributed by atoms with Gasteiger partial charge in [0.05, 0.1) is 38.2 Å². The third-order valence-corrected chi connectivity index (χ3v) is 7.01. The lowest BCUT2D eigenvalue weighted by atomic mass is 10.0. The number of ether oxygens (including phenoxy) is 3. The van der Waals surface area contributed by atoms with E-state index in [1.165, 1.54) is 19.1 Å². The molecule has 4 rings (SSSR count). The second kappa shape index (κ2) is 10.2. The number of esters is 1. The maximum atomic E-state index is 13.8. The maximum Gasteiger partial charge on any atom is 0.340 e. The van der Waals surface area contributed by atoms with Crippen LogP contribution in [-0.2, 0) is 14.3 Å². The number of methoxy groups -OCH3 is 3. The van der Waals surface area contributed by atoms with Gasteiger partial charge in [-0.05, 0) is 75.2 Å². The Kier molecular flexibility index (Phi) is 7.18. The summed E-state index contributed by atoms with van der Waals surface area (Å²) in [4.78, 5) is 28.1. The number of hydrogen-bond donors (Lipinski definition) is 0. The Bertz CT molecular complexity index is 1480. The molecule has 8 heteroatoms. The van der Waals surface area contributed by atoms with Gasteiger partial charge in [0.1, 0.15) is 0 Å². The van der Waals surface area contributed by atoms with E-state index in [4.69, 9.17) is 25.8 Å². The van der Waals surface area contributed by atoms with E-state index in [-0.39, 0.29) is 17.1 Å². The van der Waals surface area contributed by atoms with Crippen LogP contribution < -0.4 is 14.4 Å². The summed E-state index contributed by atoms with van der Waals surface area (Å²) in [7, 11) is 4.37. The lowest BCUT2D eigenvalue weighted by Crippen LogP contribution is -2.24. The average Bonchev–Trinajstić information content (AvgIpc) is 3.30. The summed E-state index contributed by atoms with van der Waals surface area (Å²) in [5.41, 5.74) is 6.06. The van der Waals surface area contributed by atoms with Crippen LogP contribution in [0, 0.1) is 20.8 Å². The van der Waals surface area contributed by atoms with E-state index in [0.717, 1.165) is 28.2 Å². The number of carbonyl (C=O) groups excluding carboxylic acids is 2. The molecule has 0 bridgehead atoms. The van der Waals surface area contributed by atoms with Gasteiger partial charge in [0.15, 0.2) is 11.5 Å². The van der Waals surface area contributed by atoms with Gasteiger partial charge in [-0.3, -0.25) is 9.69 Å². The van der Waals surface area contributed by atoms with Crippen LogP contribution in [0.15, 0.2) is 59.3 Å². The molecule has 7 nitrogen and oxygen atoms in total. The SMILES string of the molecule is COC(=O)C1=C(C)N(c2ccc(OC)c(OC)c2)C(=O)/C1=C\c1cc(C)n(-c2ccc(C)c(Cl)c2)c1C. The largest absolute Gasteiger partial charge is 0.493 e. The number of aryl methyl sites for hydroxylation is 2. The van der Waals surface area contributed by atoms with Crippen molar-refractivity contribution < 1.29 is 23.8 Å². The summed E-state index contributed by atoms with van der Waals surface area (Å²) < 4.78 is 17.9. The van der Waals surface area contributed by atoms with E-state index < -0.39 is 5.97 Å². The van der Waals surface area contributed by atoms with Crippen molar-refractivity contribution in [2.45, 2.75) is 27.7 Å². The Morgan fingerprint density at radius 2 is 1.57 bits per heavy atom. The second-order valence-corrected chi connectivity index (χ2v) is 9.19. The van der Waals surface area contributed by atoms with Crippen LogP contribution >= 0.6 is 11.6 Å². The molecule has 0 atom stereocenters. The number of rotatable bonds is 6. The number of hydrogen-bond acceptors (Lipinski definition) is 5. The summed E-state index contributed by atoms with van der Waals surface area (Å²) >= 11 is 6.38. The van der Waals surface area contributed by atoms with E-state index >= 15 is 0 Å². The zero-order chi connectivity index (χ0) is 27.0. The molecule has 0 spiro atoms. The van der Waals surface area contributed by atoms with Crippen LogP contribution in [0.1, 0.15) is 29.4 Å². The highest BCUT2D eigenvalue weighted by molar-refractivity contribution is 6.31. The van der Waals surface area contributed by atoms with Gasteiger partial charge < -0.3 is 18.8 Å². The van der Waals surface area contributed by atoms with Gasteiger partial charge in [-0.15, -0.1) is 0 Å². The first-order valence-corrected chi connectivity index (χ1v) is 12.0. The number of aromatic nitrogens is 1. The van der Waals surface area contributed by atoms with E-state index in [0.29, 0.717) is 27.9 Å². The van der Waals surface area contributed by atoms with Crippen LogP contribution in [0.5, 0.6) is 11.5 Å². The van der Waals surface area contributed by atoms with Gasteiger partial charge in [-0.2, -0.15) is 0 Å². The molecule has 0 saturated carbocycles. The molecule has 2 heterocycles.